The number of hydrogen-bond donors (Lipinski definition) is 1. The van der Waals surface area contributed by atoms with Crippen molar-refractivity contribution in [1.82, 2.24) is 0 Å². The number of benzene rings is 1. The van der Waals surface area contributed by atoms with Crippen molar-refractivity contribution in [3.8, 4) is 11.5 Å². The minimum Gasteiger partial charge on any atom is -0.512 e. The molecular weight excluding hydrogens is 416 g/mol. The molecule has 1 N–H and O–H groups in total. The molecule has 3 aliphatic rings. The summed E-state index contributed by atoms with van der Waals surface area (Å²) in [4.78, 5) is 27.2. The van der Waals surface area contributed by atoms with Gasteiger partial charge in [0, 0.05) is 48.5 Å². The highest BCUT2D eigenvalue weighted by atomic mass is 16.5. The van der Waals surface area contributed by atoms with E-state index in [1.54, 1.807) is 7.11 Å². The number of methoxy groups -OCH3 is 1. The molecule has 0 spiro atoms. The lowest BCUT2D eigenvalue weighted by Gasteiger charge is -2.43. The second-order valence-electron chi connectivity index (χ2n) is 10.1. The Morgan fingerprint density at radius 2 is 1.48 bits per heavy atom. The van der Waals surface area contributed by atoms with Gasteiger partial charge in [0.15, 0.2) is 11.6 Å². The maximum Gasteiger partial charge on any atom is 0.163 e. The summed E-state index contributed by atoms with van der Waals surface area (Å²) in [6.07, 6.45) is 5.39. The summed E-state index contributed by atoms with van der Waals surface area (Å²) in [7, 11) is 1.60. The molecule has 0 radical (unpaired) electrons. The van der Waals surface area contributed by atoms with E-state index < -0.39 is 5.92 Å². The van der Waals surface area contributed by atoms with E-state index in [-0.39, 0.29) is 28.2 Å². The number of carbonyl (C=O) groups is 2. The predicted molar refractivity (Wildman–Crippen MR) is 128 cm³/mol. The second-order valence-corrected chi connectivity index (χ2v) is 10.1. The number of ketones is 2. The Hall–Kier alpha value is -2.56. The fourth-order valence-corrected chi connectivity index (χ4v) is 6.00. The van der Waals surface area contributed by atoms with E-state index >= 15 is 0 Å². The van der Waals surface area contributed by atoms with E-state index in [9.17, 15) is 14.7 Å². The Labute approximate surface area is 196 Å². The number of carbonyl (C=O) groups excluding carboxylic acids is 2. The summed E-state index contributed by atoms with van der Waals surface area (Å²) in [5.41, 5.74) is 1.33. The molecule has 0 saturated heterocycles. The van der Waals surface area contributed by atoms with Gasteiger partial charge >= 0.3 is 0 Å². The molecule has 1 aromatic carbocycles. The average molecular weight is 453 g/mol. The number of aliphatic hydroxyl groups is 1. The SMILES string of the molecule is CCC1(CC)CC(=O)C(C2C3=C(CC(CC)(CC)CC3=O)Oc3cc(OC)ccc32)=C(O)C1. The van der Waals surface area contributed by atoms with Crippen LogP contribution in [0.25, 0.3) is 0 Å². The average Bonchev–Trinajstić information content (AvgIpc) is 2.82. The Bertz CT molecular complexity index is 1040. The Kier molecular flexibility index (Phi) is 6.19. The number of rotatable bonds is 6. The summed E-state index contributed by atoms with van der Waals surface area (Å²) >= 11 is 0. The molecule has 1 unspecified atom stereocenters. The van der Waals surface area contributed by atoms with Crippen LogP contribution in [0.15, 0.2) is 40.9 Å². The fraction of sp³-hybridized carbons (Fsp3) is 0.571. The number of fused-ring (bicyclic) bond motifs is 1. The van der Waals surface area contributed by atoms with E-state index in [4.69, 9.17) is 9.47 Å². The van der Waals surface area contributed by atoms with Crippen LogP contribution in [-0.4, -0.2) is 23.8 Å². The lowest BCUT2D eigenvalue weighted by atomic mass is 9.63. The molecule has 0 bridgehead atoms. The molecule has 1 aliphatic heterocycles. The predicted octanol–water partition coefficient (Wildman–Crippen LogP) is 6.58. The van der Waals surface area contributed by atoms with Gasteiger partial charge in [-0.1, -0.05) is 33.8 Å². The Morgan fingerprint density at radius 1 is 0.909 bits per heavy atom. The van der Waals surface area contributed by atoms with E-state index in [0.29, 0.717) is 54.1 Å². The van der Waals surface area contributed by atoms with Gasteiger partial charge in [0.05, 0.1) is 13.0 Å². The highest BCUT2D eigenvalue weighted by Gasteiger charge is 2.49. The van der Waals surface area contributed by atoms with Crippen LogP contribution in [0.3, 0.4) is 0 Å². The zero-order valence-electron chi connectivity index (χ0n) is 20.5. The molecule has 0 aromatic heterocycles. The molecule has 1 heterocycles. The van der Waals surface area contributed by atoms with Gasteiger partial charge in [-0.05, 0) is 42.6 Å². The van der Waals surface area contributed by atoms with Crippen LogP contribution in [0.4, 0.5) is 0 Å². The molecule has 5 nitrogen and oxygen atoms in total. The van der Waals surface area contributed by atoms with Crippen LogP contribution in [0.2, 0.25) is 0 Å². The van der Waals surface area contributed by atoms with E-state index in [2.05, 4.69) is 27.7 Å². The van der Waals surface area contributed by atoms with Gasteiger partial charge < -0.3 is 14.6 Å². The third-order valence-electron chi connectivity index (χ3n) is 8.70. The minimum absolute atomic E-state index is 0.0299. The summed E-state index contributed by atoms with van der Waals surface area (Å²) in [6.45, 7) is 8.39. The van der Waals surface area contributed by atoms with Gasteiger partial charge in [0.2, 0.25) is 0 Å². The number of Topliss-reactive ketones (excluding diaryl/α,β-unsaturated/α-hetero) is 2. The zero-order chi connectivity index (χ0) is 24.0. The molecule has 1 aromatic rings. The first-order chi connectivity index (χ1) is 15.8. The minimum atomic E-state index is -0.590. The van der Waals surface area contributed by atoms with Crippen molar-refractivity contribution < 1.29 is 24.2 Å². The normalized spacial score (nSPS) is 23.7. The van der Waals surface area contributed by atoms with Crippen molar-refractivity contribution in [2.24, 2.45) is 10.8 Å². The maximum absolute atomic E-state index is 13.6. The molecular formula is C28H36O5. The van der Waals surface area contributed by atoms with Gasteiger partial charge in [-0.3, -0.25) is 9.59 Å². The maximum atomic E-state index is 13.6. The quantitative estimate of drug-likeness (QED) is 0.528. The molecule has 2 aliphatic carbocycles. The van der Waals surface area contributed by atoms with E-state index in [1.165, 1.54) is 0 Å². The van der Waals surface area contributed by atoms with Gasteiger partial charge in [-0.15, -0.1) is 0 Å². The molecule has 5 heteroatoms. The van der Waals surface area contributed by atoms with Crippen LogP contribution < -0.4 is 9.47 Å². The van der Waals surface area contributed by atoms with Crippen molar-refractivity contribution in [2.75, 3.05) is 7.11 Å². The van der Waals surface area contributed by atoms with Crippen molar-refractivity contribution in [1.29, 1.82) is 0 Å². The lowest BCUT2D eigenvalue weighted by molar-refractivity contribution is -0.120. The number of aliphatic hydroxyl groups excluding tert-OH is 1. The molecule has 4 rings (SSSR count). The lowest BCUT2D eigenvalue weighted by Crippen LogP contribution is -2.38. The third-order valence-corrected chi connectivity index (χ3v) is 8.70. The zero-order valence-corrected chi connectivity index (χ0v) is 20.5. The highest BCUT2D eigenvalue weighted by Crippen LogP contribution is 2.55. The monoisotopic (exact) mass is 452 g/mol. The molecule has 1 atom stereocenters. The topological polar surface area (TPSA) is 72.8 Å². The van der Waals surface area contributed by atoms with Crippen LogP contribution in [0.5, 0.6) is 11.5 Å². The summed E-state index contributed by atoms with van der Waals surface area (Å²) in [5, 5.41) is 11.2. The molecule has 33 heavy (non-hydrogen) atoms. The largest absolute Gasteiger partial charge is 0.512 e. The molecule has 178 valence electrons. The smallest absolute Gasteiger partial charge is 0.163 e. The van der Waals surface area contributed by atoms with Gasteiger partial charge in [0.25, 0.3) is 0 Å². The first-order valence-electron chi connectivity index (χ1n) is 12.3. The Balaban J connectivity index is 1.91. The summed E-state index contributed by atoms with van der Waals surface area (Å²) < 4.78 is 11.8. The van der Waals surface area contributed by atoms with Crippen molar-refractivity contribution in [3.63, 3.8) is 0 Å². The molecule has 0 fully saturated rings. The van der Waals surface area contributed by atoms with Crippen molar-refractivity contribution >= 4 is 11.6 Å². The number of hydrogen-bond acceptors (Lipinski definition) is 5. The highest BCUT2D eigenvalue weighted by molar-refractivity contribution is 6.06. The van der Waals surface area contributed by atoms with Gasteiger partial charge in [0.1, 0.15) is 23.0 Å². The standard InChI is InChI=1S/C28H36O5/c1-6-27(7-2)13-19(29)25(20(30)14-27)24-18-11-10-17(32-5)12-22(18)33-23-16-28(8-3,9-4)15-21(31)26(23)24/h10-12,24,29H,6-9,13-16H2,1-5H3. The summed E-state index contributed by atoms with van der Waals surface area (Å²) in [5.74, 6) is 1.42. The first kappa shape index (κ1) is 23.6. The van der Waals surface area contributed by atoms with Crippen LogP contribution in [0, 0.1) is 10.8 Å². The first-order valence-corrected chi connectivity index (χ1v) is 12.3. The van der Waals surface area contributed by atoms with Gasteiger partial charge in [-0.2, -0.15) is 0 Å². The van der Waals surface area contributed by atoms with Crippen molar-refractivity contribution in [3.05, 3.63) is 46.4 Å². The molecule has 0 saturated carbocycles. The number of ether oxygens (including phenoxy) is 2. The van der Waals surface area contributed by atoms with E-state index in [0.717, 1.165) is 31.2 Å². The number of allylic oxidation sites excluding steroid dienone is 4. The molecule has 0 amide bonds. The third kappa shape index (κ3) is 3.79. The van der Waals surface area contributed by atoms with Gasteiger partial charge in [-0.25, -0.2) is 0 Å². The van der Waals surface area contributed by atoms with Crippen LogP contribution >= 0.6 is 0 Å². The fourth-order valence-electron chi connectivity index (χ4n) is 6.00. The van der Waals surface area contributed by atoms with E-state index in [1.807, 2.05) is 18.2 Å². The Morgan fingerprint density at radius 3 is 2.03 bits per heavy atom. The van der Waals surface area contributed by atoms with Crippen LogP contribution in [-0.2, 0) is 9.59 Å². The second kappa shape index (κ2) is 8.66. The summed E-state index contributed by atoms with van der Waals surface area (Å²) in [6, 6.07) is 5.51. The van der Waals surface area contributed by atoms with Crippen molar-refractivity contribution in [2.45, 2.75) is 85.0 Å². The van der Waals surface area contributed by atoms with Crippen LogP contribution in [0.1, 0.15) is 90.5 Å².